The van der Waals surface area contributed by atoms with Crippen LogP contribution in [-0.2, 0) is 14.2 Å². The summed E-state index contributed by atoms with van der Waals surface area (Å²) in [6, 6.07) is 0. The molecule has 0 aromatic rings. The van der Waals surface area contributed by atoms with Crippen LogP contribution in [0.1, 0.15) is 26.7 Å². The summed E-state index contributed by atoms with van der Waals surface area (Å²) in [7, 11) is -4.43. The van der Waals surface area contributed by atoms with Gasteiger partial charge in [-0.25, -0.2) is 0 Å². The summed E-state index contributed by atoms with van der Waals surface area (Å²) in [5, 5.41) is 15.9. The number of hydrogen-bond donors (Lipinski definition) is 4. The van der Waals surface area contributed by atoms with Crippen molar-refractivity contribution in [2.75, 3.05) is 0 Å². The van der Waals surface area contributed by atoms with Gasteiger partial charge in [0.2, 0.25) is 0 Å². The molecular weight excluding hydrogens is 227 g/mol. The van der Waals surface area contributed by atoms with Gasteiger partial charge >= 0.3 is 19.5 Å². The molecule has 0 heterocycles. The molecule has 0 amide bonds. The Kier molecular flexibility index (Phi) is 8.14. The molecule has 0 bridgehead atoms. The van der Waals surface area contributed by atoms with Crippen LogP contribution < -0.4 is 0 Å². The van der Waals surface area contributed by atoms with Crippen LogP contribution in [0.15, 0.2) is 0 Å². The van der Waals surface area contributed by atoms with Crippen molar-refractivity contribution in [3.8, 4) is 0 Å². The molecule has 15 heavy (non-hydrogen) atoms. The molecule has 0 saturated carbocycles. The molecule has 7 nitrogen and oxygen atoms in total. The summed E-state index contributed by atoms with van der Waals surface area (Å²) in [6.07, 6.45) is 0.166. The van der Waals surface area contributed by atoms with Crippen LogP contribution in [0.25, 0.3) is 0 Å². The molecule has 0 aromatic heterocycles. The first-order valence-electron chi connectivity index (χ1n) is 4.16. The smallest absolute Gasteiger partial charge is 0.339 e. The average Bonchev–Trinajstić information content (AvgIpc) is 2.02. The Morgan fingerprint density at radius 3 is 1.53 bits per heavy atom. The standard InChI is InChI=1S/C4H9O5P.C3H6O2/c1-2-3(4(5)6)10(7,8)9;1-2-3(4)5/h3H,2H2,1H3,(H,5,6)(H2,7,8,9);2H2,1H3,(H,4,5). The summed E-state index contributed by atoms with van der Waals surface area (Å²) in [4.78, 5) is 36.2. The number of aliphatic carboxylic acids is 2. The van der Waals surface area contributed by atoms with E-state index in [4.69, 9.17) is 20.0 Å². The maximum Gasteiger partial charge on any atom is 0.339 e. The lowest BCUT2D eigenvalue weighted by Crippen LogP contribution is -2.18. The highest BCUT2D eigenvalue weighted by Crippen LogP contribution is 2.42. The minimum absolute atomic E-state index is 0.0559. The second-order valence-corrected chi connectivity index (χ2v) is 4.40. The van der Waals surface area contributed by atoms with E-state index in [9.17, 15) is 14.2 Å². The van der Waals surface area contributed by atoms with Crippen molar-refractivity contribution in [1.29, 1.82) is 0 Å². The average molecular weight is 242 g/mol. The summed E-state index contributed by atoms with van der Waals surface area (Å²) < 4.78 is 10.3. The van der Waals surface area contributed by atoms with E-state index >= 15 is 0 Å². The van der Waals surface area contributed by atoms with Gasteiger partial charge in [-0.3, -0.25) is 14.2 Å². The fourth-order valence-electron chi connectivity index (χ4n) is 0.556. The van der Waals surface area contributed by atoms with E-state index in [0.29, 0.717) is 0 Å². The van der Waals surface area contributed by atoms with Crippen molar-refractivity contribution >= 4 is 19.5 Å². The molecule has 90 valence electrons. The van der Waals surface area contributed by atoms with Gasteiger partial charge in [-0.2, -0.15) is 0 Å². The summed E-state index contributed by atoms with van der Waals surface area (Å²) >= 11 is 0. The first-order chi connectivity index (χ1) is 6.66. The van der Waals surface area contributed by atoms with Crippen LogP contribution in [0.2, 0.25) is 0 Å². The number of hydrogen-bond acceptors (Lipinski definition) is 3. The van der Waals surface area contributed by atoms with Crippen molar-refractivity contribution in [2.45, 2.75) is 32.3 Å². The van der Waals surface area contributed by atoms with Gasteiger partial charge in [0.1, 0.15) is 0 Å². The van der Waals surface area contributed by atoms with Crippen molar-refractivity contribution in [1.82, 2.24) is 0 Å². The van der Waals surface area contributed by atoms with Crippen LogP contribution in [0, 0.1) is 0 Å². The van der Waals surface area contributed by atoms with E-state index in [1.807, 2.05) is 0 Å². The SMILES string of the molecule is CCC(=O)O.CCC(C(=O)O)P(=O)(O)O. The molecule has 0 spiro atoms. The molecule has 0 rings (SSSR count). The zero-order chi connectivity index (χ0) is 12.6. The maximum absolute atomic E-state index is 10.3. The fraction of sp³-hybridized carbons (Fsp3) is 0.714. The minimum atomic E-state index is -4.43. The van der Waals surface area contributed by atoms with E-state index in [1.165, 1.54) is 6.92 Å². The van der Waals surface area contributed by atoms with Crippen LogP contribution in [0.3, 0.4) is 0 Å². The van der Waals surface area contributed by atoms with Gasteiger partial charge in [-0.05, 0) is 6.42 Å². The zero-order valence-corrected chi connectivity index (χ0v) is 9.35. The maximum atomic E-state index is 10.3. The number of rotatable bonds is 4. The van der Waals surface area contributed by atoms with Crippen molar-refractivity contribution < 1.29 is 34.2 Å². The third-order valence-corrected chi connectivity index (χ3v) is 2.78. The van der Waals surface area contributed by atoms with E-state index in [1.54, 1.807) is 6.92 Å². The quantitative estimate of drug-likeness (QED) is 0.528. The highest BCUT2D eigenvalue weighted by molar-refractivity contribution is 7.53. The first-order valence-corrected chi connectivity index (χ1v) is 5.84. The lowest BCUT2D eigenvalue weighted by Gasteiger charge is -2.10. The number of carbonyl (C=O) groups is 2. The monoisotopic (exact) mass is 242 g/mol. The Morgan fingerprint density at radius 2 is 1.53 bits per heavy atom. The molecule has 0 saturated heterocycles. The Bertz CT molecular complexity index is 256. The van der Waals surface area contributed by atoms with E-state index in [-0.39, 0.29) is 12.8 Å². The summed E-state index contributed by atoms with van der Waals surface area (Å²) in [5.74, 6) is -2.19. The van der Waals surface area contributed by atoms with E-state index in [2.05, 4.69) is 0 Å². The predicted octanol–water partition coefficient (Wildman–Crippen LogP) is 0.508. The Morgan fingerprint density at radius 1 is 1.20 bits per heavy atom. The van der Waals surface area contributed by atoms with E-state index in [0.717, 1.165) is 0 Å². The molecule has 0 aliphatic carbocycles. The van der Waals surface area contributed by atoms with Gasteiger partial charge in [0.05, 0.1) is 0 Å². The normalized spacial score (nSPS) is 12.3. The van der Waals surface area contributed by atoms with Gasteiger partial charge in [0.15, 0.2) is 5.66 Å². The molecule has 0 fully saturated rings. The summed E-state index contributed by atoms with van der Waals surface area (Å²) in [6.45, 7) is 3.01. The van der Waals surface area contributed by atoms with Crippen molar-refractivity contribution in [2.24, 2.45) is 0 Å². The summed E-state index contributed by atoms with van der Waals surface area (Å²) in [5.41, 5.74) is -1.55. The van der Waals surface area contributed by atoms with Crippen LogP contribution in [0.5, 0.6) is 0 Å². The van der Waals surface area contributed by atoms with Gasteiger partial charge in [-0.1, -0.05) is 13.8 Å². The van der Waals surface area contributed by atoms with Gasteiger partial charge < -0.3 is 20.0 Å². The van der Waals surface area contributed by atoms with Crippen molar-refractivity contribution in [3.63, 3.8) is 0 Å². The molecule has 8 heteroatoms. The van der Waals surface area contributed by atoms with Gasteiger partial charge in [0, 0.05) is 6.42 Å². The molecule has 4 N–H and O–H groups in total. The van der Waals surface area contributed by atoms with Crippen LogP contribution in [-0.4, -0.2) is 37.6 Å². The molecule has 0 aliphatic heterocycles. The fourth-order valence-corrected chi connectivity index (χ4v) is 1.32. The Hall–Kier alpha value is -0.910. The topological polar surface area (TPSA) is 132 Å². The first kappa shape index (κ1) is 16.5. The highest BCUT2D eigenvalue weighted by Gasteiger charge is 2.33. The zero-order valence-electron chi connectivity index (χ0n) is 8.45. The Balaban J connectivity index is 0. The third-order valence-electron chi connectivity index (χ3n) is 1.38. The van der Waals surface area contributed by atoms with Crippen molar-refractivity contribution in [3.05, 3.63) is 0 Å². The predicted molar refractivity (Wildman–Crippen MR) is 51.7 cm³/mol. The second-order valence-electron chi connectivity index (χ2n) is 2.60. The van der Waals surface area contributed by atoms with E-state index < -0.39 is 25.2 Å². The third kappa shape index (κ3) is 9.40. The molecule has 0 aromatic carbocycles. The number of carboxylic acids is 2. The molecule has 1 unspecified atom stereocenters. The minimum Gasteiger partial charge on any atom is -0.481 e. The number of carboxylic acid groups (broad SMARTS) is 2. The molecule has 0 radical (unpaired) electrons. The largest absolute Gasteiger partial charge is 0.481 e. The Labute approximate surface area is 86.9 Å². The highest BCUT2D eigenvalue weighted by atomic mass is 31.2. The molecule has 1 atom stereocenters. The molecular formula is C7H15O7P. The lowest BCUT2D eigenvalue weighted by molar-refractivity contribution is -0.137. The molecule has 0 aliphatic rings. The second kappa shape index (κ2) is 7.39. The van der Waals surface area contributed by atoms with Crippen LogP contribution in [0.4, 0.5) is 0 Å². The van der Waals surface area contributed by atoms with Gasteiger partial charge in [-0.15, -0.1) is 0 Å². The van der Waals surface area contributed by atoms with Crippen LogP contribution >= 0.6 is 7.60 Å². The lowest BCUT2D eigenvalue weighted by atomic mass is 10.3. The van der Waals surface area contributed by atoms with Gasteiger partial charge in [0.25, 0.3) is 0 Å².